The van der Waals surface area contributed by atoms with Crippen LogP contribution in [0.5, 0.6) is 0 Å². The van der Waals surface area contributed by atoms with Crippen molar-refractivity contribution in [1.29, 1.82) is 5.26 Å². The first kappa shape index (κ1) is 17.7. The van der Waals surface area contributed by atoms with Gasteiger partial charge in [-0.15, -0.1) is 0 Å². The topological polar surface area (TPSA) is 123 Å². The van der Waals surface area contributed by atoms with Gasteiger partial charge in [0.15, 0.2) is 0 Å². The second-order valence-corrected chi connectivity index (χ2v) is 5.06. The summed E-state index contributed by atoms with van der Waals surface area (Å²) in [6.45, 7) is -0.533. The lowest BCUT2D eigenvalue weighted by atomic mass is 10.2. The lowest BCUT2D eigenvalue weighted by Gasteiger charge is -2.09. The van der Waals surface area contributed by atoms with E-state index in [4.69, 9.17) is 5.26 Å². The second kappa shape index (κ2) is 7.27. The fourth-order valence-electron chi connectivity index (χ4n) is 2.14. The SMILES string of the molecule is COC(=O)c1cc(C#N)c(=O)n(CC(=O)NC(=O)c2cccn2C)c1. The monoisotopic (exact) mass is 342 g/mol. The van der Waals surface area contributed by atoms with E-state index < -0.39 is 29.9 Å². The first-order valence-electron chi connectivity index (χ1n) is 7.05. The van der Waals surface area contributed by atoms with E-state index in [1.807, 2.05) is 0 Å². The van der Waals surface area contributed by atoms with Crippen LogP contribution < -0.4 is 10.9 Å². The van der Waals surface area contributed by atoms with Gasteiger partial charge in [0.05, 0.1) is 12.7 Å². The van der Waals surface area contributed by atoms with Crippen molar-refractivity contribution in [3.8, 4) is 6.07 Å². The van der Waals surface area contributed by atoms with Gasteiger partial charge < -0.3 is 13.9 Å². The smallest absolute Gasteiger partial charge is 0.339 e. The molecule has 0 aliphatic rings. The minimum atomic E-state index is -0.765. The maximum atomic E-state index is 12.1. The highest BCUT2D eigenvalue weighted by Gasteiger charge is 2.17. The molecule has 2 aromatic heterocycles. The van der Waals surface area contributed by atoms with Gasteiger partial charge in [-0.25, -0.2) is 4.79 Å². The summed E-state index contributed by atoms with van der Waals surface area (Å²) < 4.78 is 6.94. The average molecular weight is 342 g/mol. The largest absolute Gasteiger partial charge is 0.465 e. The Morgan fingerprint density at radius 3 is 2.64 bits per heavy atom. The number of hydrogen-bond donors (Lipinski definition) is 1. The number of methoxy groups -OCH3 is 1. The molecule has 0 atom stereocenters. The number of aromatic nitrogens is 2. The summed E-state index contributed by atoms with van der Waals surface area (Å²) in [6, 6.07) is 5.91. The number of carbonyl (C=O) groups excluding carboxylic acids is 3. The molecule has 0 fully saturated rings. The minimum Gasteiger partial charge on any atom is -0.465 e. The molecule has 0 saturated carbocycles. The Bertz CT molecular complexity index is 948. The van der Waals surface area contributed by atoms with Crippen LogP contribution >= 0.6 is 0 Å². The zero-order valence-electron chi connectivity index (χ0n) is 13.5. The van der Waals surface area contributed by atoms with Gasteiger partial charge in [0, 0.05) is 19.4 Å². The molecule has 0 radical (unpaired) electrons. The second-order valence-electron chi connectivity index (χ2n) is 5.06. The van der Waals surface area contributed by atoms with Gasteiger partial charge in [-0.3, -0.25) is 19.7 Å². The van der Waals surface area contributed by atoms with Gasteiger partial charge in [-0.2, -0.15) is 5.26 Å². The van der Waals surface area contributed by atoms with Crippen molar-refractivity contribution in [2.75, 3.05) is 7.11 Å². The highest BCUT2D eigenvalue weighted by Crippen LogP contribution is 2.03. The van der Waals surface area contributed by atoms with Gasteiger partial charge in [0.25, 0.3) is 11.5 Å². The number of esters is 1. The molecule has 2 amide bonds. The lowest BCUT2D eigenvalue weighted by Crippen LogP contribution is -2.37. The lowest BCUT2D eigenvalue weighted by molar-refractivity contribution is -0.120. The van der Waals surface area contributed by atoms with Gasteiger partial charge in [-0.05, 0) is 18.2 Å². The van der Waals surface area contributed by atoms with Crippen LogP contribution in [-0.2, 0) is 23.1 Å². The van der Waals surface area contributed by atoms with E-state index in [1.165, 1.54) is 10.6 Å². The number of amides is 2. The summed E-state index contributed by atoms with van der Waals surface area (Å²) in [6.07, 6.45) is 2.74. The molecular weight excluding hydrogens is 328 g/mol. The number of pyridine rings is 1. The van der Waals surface area contributed by atoms with Gasteiger partial charge in [-0.1, -0.05) is 0 Å². The molecule has 0 unspecified atom stereocenters. The molecule has 0 saturated heterocycles. The fraction of sp³-hybridized carbons (Fsp3) is 0.188. The van der Waals surface area contributed by atoms with Crippen molar-refractivity contribution in [1.82, 2.24) is 14.5 Å². The quantitative estimate of drug-likeness (QED) is 0.768. The van der Waals surface area contributed by atoms with Crippen LogP contribution in [0, 0.1) is 11.3 Å². The molecule has 0 aliphatic heterocycles. The van der Waals surface area contributed by atoms with Crippen molar-refractivity contribution in [3.05, 3.63) is 57.8 Å². The number of nitriles is 1. The molecule has 9 heteroatoms. The zero-order chi connectivity index (χ0) is 18.6. The van der Waals surface area contributed by atoms with E-state index in [0.717, 1.165) is 23.9 Å². The van der Waals surface area contributed by atoms with Gasteiger partial charge in [0.1, 0.15) is 23.9 Å². The fourth-order valence-corrected chi connectivity index (χ4v) is 2.14. The minimum absolute atomic E-state index is 0.0554. The number of hydrogen-bond acceptors (Lipinski definition) is 6. The molecule has 2 aromatic rings. The number of imide groups is 1. The number of nitrogens with one attached hydrogen (secondary N) is 1. The number of carbonyl (C=O) groups is 3. The van der Waals surface area contributed by atoms with Crippen LogP contribution in [0.25, 0.3) is 0 Å². The Kier molecular flexibility index (Phi) is 5.14. The van der Waals surface area contributed by atoms with Crippen molar-refractivity contribution in [2.24, 2.45) is 7.05 Å². The van der Waals surface area contributed by atoms with Crippen LogP contribution in [0.2, 0.25) is 0 Å². The van der Waals surface area contributed by atoms with Crippen LogP contribution in [-0.4, -0.2) is 34.0 Å². The third-order valence-corrected chi connectivity index (χ3v) is 3.37. The normalized spacial score (nSPS) is 9.96. The molecule has 0 spiro atoms. The van der Waals surface area contributed by atoms with Crippen molar-refractivity contribution in [3.63, 3.8) is 0 Å². The predicted octanol–water partition coefficient (Wildman–Crippen LogP) is -0.198. The number of nitrogens with zero attached hydrogens (tertiary/aromatic N) is 3. The molecular formula is C16H14N4O5. The van der Waals surface area contributed by atoms with Crippen molar-refractivity contribution < 1.29 is 19.1 Å². The van der Waals surface area contributed by atoms with E-state index >= 15 is 0 Å². The molecule has 0 aliphatic carbocycles. The van der Waals surface area contributed by atoms with Crippen molar-refractivity contribution >= 4 is 17.8 Å². The predicted molar refractivity (Wildman–Crippen MR) is 84.6 cm³/mol. The van der Waals surface area contributed by atoms with E-state index in [9.17, 15) is 19.2 Å². The highest BCUT2D eigenvalue weighted by molar-refractivity contribution is 6.03. The van der Waals surface area contributed by atoms with Crippen LogP contribution in [0.15, 0.2) is 35.4 Å². The van der Waals surface area contributed by atoms with Crippen LogP contribution in [0.3, 0.4) is 0 Å². The number of ether oxygens (including phenoxy) is 1. The molecule has 128 valence electrons. The molecule has 2 heterocycles. The summed E-state index contributed by atoms with van der Waals surface area (Å²) in [4.78, 5) is 47.7. The molecule has 0 bridgehead atoms. The Balaban J connectivity index is 2.24. The van der Waals surface area contributed by atoms with E-state index in [2.05, 4.69) is 10.1 Å². The first-order valence-corrected chi connectivity index (χ1v) is 7.05. The van der Waals surface area contributed by atoms with Crippen LogP contribution in [0.4, 0.5) is 0 Å². The molecule has 9 nitrogen and oxygen atoms in total. The third kappa shape index (κ3) is 3.81. The summed E-state index contributed by atoms with van der Waals surface area (Å²) in [5.74, 6) is -2.15. The van der Waals surface area contributed by atoms with E-state index in [0.29, 0.717) is 0 Å². The molecule has 25 heavy (non-hydrogen) atoms. The Labute approximate surface area is 142 Å². The molecule has 1 N–H and O–H groups in total. The highest BCUT2D eigenvalue weighted by atomic mass is 16.5. The summed E-state index contributed by atoms with van der Waals surface area (Å²) in [5.41, 5.74) is -0.858. The average Bonchev–Trinajstić information content (AvgIpc) is 3.02. The first-order chi connectivity index (χ1) is 11.9. The Hall–Kier alpha value is -3.67. The molecule has 2 rings (SSSR count). The van der Waals surface area contributed by atoms with Gasteiger partial charge >= 0.3 is 5.97 Å². The number of aryl methyl sites for hydroxylation is 1. The van der Waals surface area contributed by atoms with Gasteiger partial charge in [0.2, 0.25) is 5.91 Å². The van der Waals surface area contributed by atoms with E-state index in [-0.39, 0.29) is 16.8 Å². The number of rotatable bonds is 4. The zero-order valence-corrected chi connectivity index (χ0v) is 13.5. The Morgan fingerprint density at radius 1 is 1.36 bits per heavy atom. The Morgan fingerprint density at radius 2 is 2.08 bits per heavy atom. The third-order valence-electron chi connectivity index (χ3n) is 3.37. The molecule has 0 aromatic carbocycles. The maximum Gasteiger partial charge on any atom is 0.339 e. The summed E-state index contributed by atoms with van der Waals surface area (Å²) >= 11 is 0. The van der Waals surface area contributed by atoms with Crippen LogP contribution in [0.1, 0.15) is 26.4 Å². The summed E-state index contributed by atoms with van der Waals surface area (Å²) in [5, 5.41) is 11.1. The van der Waals surface area contributed by atoms with E-state index in [1.54, 1.807) is 25.4 Å². The maximum absolute atomic E-state index is 12.1. The summed E-state index contributed by atoms with van der Waals surface area (Å²) in [7, 11) is 2.79. The standard InChI is InChI=1S/C16H14N4O5/c1-19-5-3-4-12(19)14(22)18-13(21)9-20-8-11(16(24)25-2)6-10(7-17)15(20)23/h3-6,8H,9H2,1-2H3,(H,18,21,22). The van der Waals surface area contributed by atoms with Crippen molar-refractivity contribution in [2.45, 2.75) is 6.54 Å².